The summed E-state index contributed by atoms with van der Waals surface area (Å²) in [5.74, 6) is 0. The molecule has 0 unspecified atom stereocenters. The molecule has 0 spiro atoms. The first-order valence-electron chi connectivity index (χ1n) is 6.91. The molecule has 0 heterocycles. The largest absolute Gasteiger partial charge is 0.373 e. The number of rotatable bonds is 7. The summed E-state index contributed by atoms with van der Waals surface area (Å²) in [6.45, 7) is 15.0. The van der Waals surface area contributed by atoms with Gasteiger partial charge in [0, 0.05) is 38.1 Å². The van der Waals surface area contributed by atoms with Gasteiger partial charge in [-0.1, -0.05) is 30.9 Å². The van der Waals surface area contributed by atoms with E-state index in [0.29, 0.717) is 0 Å². The highest BCUT2D eigenvalue weighted by atomic mass is 15.2. The molecule has 0 fully saturated rings. The van der Waals surface area contributed by atoms with Gasteiger partial charge in [-0.05, 0) is 38.5 Å². The molecule has 1 rings (SSSR count). The zero-order valence-electron chi connectivity index (χ0n) is 12.5. The smallest absolute Gasteiger partial charge is 0.0363 e. The van der Waals surface area contributed by atoms with Gasteiger partial charge < -0.3 is 9.80 Å². The Hall–Kier alpha value is -1.70. The first kappa shape index (κ1) is 15.4. The Morgan fingerprint density at radius 1 is 1.42 bits per heavy atom. The molecule has 0 saturated carbocycles. The summed E-state index contributed by atoms with van der Waals surface area (Å²) in [4.78, 5) is 4.53. The van der Waals surface area contributed by atoms with Gasteiger partial charge in [-0.15, -0.1) is 0 Å². The predicted octanol–water partition coefficient (Wildman–Crippen LogP) is 3.73. The van der Waals surface area contributed by atoms with Crippen LogP contribution in [-0.4, -0.2) is 36.5 Å². The molecule has 0 aliphatic heterocycles. The van der Waals surface area contributed by atoms with Crippen molar-refractivity contribution in [2.24, 2.45) is 0 Å². The fourth-order valence-electron chi connectivity index (χ4n) is 2.05. The highest BCUT2D eigenvalue weighted by Gasteiger charge is 2.07. The van der Waals surface area contributed by atoms with Crippen molar-refractivity contribution in [2.75, 3.05) is 26.7 Å². The molecule has 104 valence electrons. The van der Waals surface area contributed by atoms with Crippen molar-refractivity contribution >= 4 is 0 Å². The van der Waals surface area contributed by atoms with Gasteiger partial charge in [-0.3, -0.25) is 0 Å². The normalized spacial score (nSPS) is 14.3. The van der Waals surface area contributed by atoms with Crippen LogP contribution in [0.2, 0.25) is 0 Å². The van der Waals surface area contributed by atoms with E-state index < -0.39 is 0 Å². The lowest BCUT2D eigenvalue weighted by Gasteiger charge is -2.28. The maximum absolute atomic E-state index is 4.01. The summed E-state index contributed by atoms with van der Waals surface area (Å²) in [7, 11) is 2.14. The van der Waals surface area contributed by atoms with Crippen LogP contribution in [0.15, 0.2) is 60.5 Å². The second kappa shape index (κ2) is 7.67. The van der Waals surface area contributed by atoms with E-state index in [4.69, 9.17) is 0 Å². The van der Waals surface area contributed by atoms with Crippen LogP contribution in [-0.2, 0) is 0 Å². The molecule has 19 heavy (non-hydrogen) atoms. The summed E-state index contributed by atoms with van der Waals surface area (Å²) in [5.41, 5.74) is 3.60. The Bertz CT molecular complexity index is 413. The molecule has 0 aromatic carbocycles. The topological polar surface area (TPSA) is 6.48 Å². The molecule has 2 heteroatoms. The summed E-state index contributed by atoms with van der Waals surface area (Å²) in [5, 5.41) is 0. The lowest BCUT2D eigenvalue weighted by atomic mass is 10.2. The summed E-state index contributed by atoms with van der Waals surface area (Å²) in [6, 6.07) is 0. The average molecular weight is 258 g/mol. The van der Waals surface area contributed by atoms with Crippen molar-refractivity contribution in [3.8, 4) is 0 Å². The number of hydrogen-bond donors (Lipinski definition) is 0. The SMILES string of the molecule is C=CC(=C)N(CC)CCN(C)C1=CC(C)=CCC=C1. The standard InChI is InChI=1S/C17H26N2/c1-6-16(4)19(7-2)13-12-18(5)17-11-9-8-10-15(3)14-17/h6,9-11,14H,1,4,7-8,12-13H2,2-3,5H3. The third-order valence-corrected chi connectivity index (χ3v) is 3.41. The van der Waals surface area contributed by atoms with E-state index in [1.54, 1.807) is 0 Å². The third kappa shape index (κ3) is 4.82. The Balaban J connectivity index is 2.59. The second-order valence-corrected chi connectivity index (χ2v) is 4.85. The van der Waals surface area contributed by atoms with Crippen LogP contribution in [0.4, 0.5) is 0 Å². The molecule has 0 aromatic heterocycles. The summed E-state index contributed by atoms with van der Waals surface area (Å²) in [6.07, 6.45) is 11.7. The Morgan fingerprint density at radius 2 is 2.16 bits per heavy atom. The van der Waals surface area contributed by atoms with Crippen molar-refractivity contribution < 1.29 is 0 Å². The molecule has 0 atom stereocenters. The molecule has 0 amide bonds. The van der Waals surface area contributed by atoms with Crippen molar-refractivity contribution in [3.63, 3.8) is 0 Å². The first-order chi connectivity index (χ1) is 9.08. The minimum atomic E-state index is 0.964. The first-order valence-corrected chi connectivity index (χ1v) is 6.91. The monoisotopic (exact) mass is 258 g/mol. The van der Waals surface area contributed by atoms with Gasteiger partial charge in [0.2, 0.25) is 0 Å². The van der Waals surface area contributed by atoms with Gasteiger partial charge in [0.1, 0.15) is 0 Å². The van der Waals surface area contributed by atoms with E-state index >= 15 is 0 Å². The molecule has 0 radical (unpaired) electrons. The zero-order chi connectivity index (χ0) is 14.3. The third-order valence-electron chi connectivity index (χ3n) is 3.41. The highest BCUT2D eigenvalue weighted by molar-refractivity contribution is 5.31. The summed E-state index contributed by atoms with van der Waals surface area (Å²) < 4.78 is 0. The Morgan fingerprint density at radius 3 is 2.79 bits per heavy atom. The van der Waals surface area contributed by atoms with Gasteiger partial charge in [0.25, 0.3) is 0 Å². The minimum Gasteiger partial charge on any atom is -0.373 e. The van der Waals surface area contributed by atoms with Gasteiger partial charge in [0.05, 0.1) is 0 Å². The molecular weight excluding hydrogens is 232 g/mol. The van der Waals surface area contributed by atoms with Crippen molar-refractivity contribution in [2.45, 2.75) is 20.3 Å². The van der Waals surface area contributed by atoms with E-state index in [2.05, 4.69) is 68.2 Å². The minimum absolute atomic E-state index is 0.964. The van der Waals surface area contributed by atoms with Crippen molar-refractivity contribution in [1.29, 1.82) is 0 Å². The van der Waals surface area contributed by atoms with E-state index in [-0.39, 0.29) is 0 Å². The number of nitrogens with zero attached hydrogens (tertiary/aromatic N) is 2. The van der Waals surface area contributed by atoms with Crippen LogP contribution < -0.4 is 0 Å². The zero-order valence-corrected chi connectivity index (χ0v) is 12.5. The fourth-order valence-corrected chi connectivity index (χ4v) is 2.05. The Labute approximate surface area is 118 Å². The van der Waals surface area contributed by atoms with Crippen LogP contribution in [0.25, 0.3) is 0 Å². The molecule has 0 N–H and O–H groups in total. The number of hydrogen-bond acceptors (Lipinski definition) is 2. The van der Waals surface area contributed by atoms with Crippen molar-refractivity contribution in [1.82, 2.24) is 9.80 Å². The number of allylic oxidation sites excluding steroid dienone is 6. The van der Waals surface area contributed by atoms with E-state index in [1.807, 2.05) is 6.08 Å². The molecular formula is C17H26N2. The van der Waals surface area contributed by atoms with E-state index in [1.165, 1.54) is 11.3 Å². The molecule has 0 bridgehead atoms. The molecule has 1 aliphatic carbocycles. The molecule has 0 saturated heterocycles. The fraction of sp³-hybridized carbons (Fsp3) is 0.412. The van der Waals surface area contributed by atoms with Crippen LogP contribution in [0, 0.1) is 0 Å². The highest BCUT2D eigenvalue weighted by Crippen LogP contribution is 2.13. The van der Waals surface area contributed by atoms with Gasteiger partial charge in [-0.2, -0.15) is 0 Å². The predicted molar refractivity (Wildman–Crippen MR) is 84.8 cm³/mol. The van der Waals surface area contributed by atoms with Crippen molar-refractivity contribution in [3.05, 3.63) is 60.5 Å². The lowest BCUT2D eigenvalue weighted by Crippen LogP contribution is -2.31. The van der Waals surface area contributed by atoms with Crippen LogP contribution >= 0.6 is 0 Å². The summed E-state index contributed by atoms with van der Waals surface area (Å²) >= 11 is 0. The van der Waals surface area contributed by atoms with E-state index in [9.17, 15) is 0 Å². The second-order valence-electron chi connectivity index (χ2n) is 4.85. The lowest BCUT2D eigenvalue weighted by molar-refractivity contribution is 0.314. The van der Waals surface area contributed by atoms with Gasteiger partial charge >= 0.3 is 0 Å². The van der Waals surface area contributed by atoms with Crippen LogP contribution in [0.5, 0.6) is 0 Å². The average Bonchev–Trinajstić information content (AvgIpc) is 2.63. The van der Waals surface area contributed by atoms with Crippen LogP contribution in [0.1, 0.15) is 20.3 Å². The quantitative estimate of drug-likeness (QED) is 0.642. The molecule has 1 aliphatic rings. The van der Waals surface area contributed by atoms with Crippen LogP contribution in [0.3, 0.4) is 0 Å². The van der Waals surface area contributed by atoms with E-state index in [0.717, 1.165) is 31.8 Å². The number of likely N-dealkylation sites (N-methyl/N-ethyl adjacent to an activating group) is 2. The maximum Gasteiger partial charge on any atom is 0.0363 e. The molecule has 2 nitrogen and oxygen atoms in total. The maximum atomic E-state index is 4.01. The molecule has 0 aromatic rings. The van der Waals surface area contributed by atoms with Gasteiger partial charge in [-0.25, -0.2) is 0 Å². The Kier molecular flexibility index (Phi) is 6.20. The van der Waals surface area contributed by atoms with Gasteiger partial charge in [0.15, 0.2) is 0 Å².